The van der Waals surface area contributed by atoms with Crippen LogP contribution in [0.25, 0.3) is 0 Å². The molecule has 2 atom stereocenters. The molecule has 0 amide bonds. The third-order valence-corrected chi connectivity index (χ3v) is 19.7. The lowest BCUT2D eigenvalue weighted by Crippen LogP contribution is -2.37. The van der Waals surface area contributed by atoms with Crippen LogP contribution in [0.15, 0.2) is 24.3 Å². The van der Waals surface area contributed by atoms with Gasteiger partial charge in [-0.1, -0.05) is 398 Å². The van der Waals surface area contributed by atoms with E-state index in [2.05, 4.69) is 38.2 Å². The van der Waals surface area contributed by atoms with Crippen LogP contribution in [0.1, 0.15) is 431 Å². The summed E-state index contributed by atoms with van der Waals surface area (Å²) in [7, 11) is 1.19. The number of phosphoric ester groups is 1. The summed E-state index contributed by atoms with van der Waals surface area (Å²) in [6.07, 6.45) is 93.2. The molecular formula is C81H158NO8P. The molecule has 0 aliphatic rings. The molecule has 2 unspecified atom stereocenters. The van der Waals surface area contributed by atoms with Crippen LogP contribution in [0.3, 0.4) is 0 Å². The smallest absolute Gasteiger partial charge is 0.306 e. The summed E-state index contributed by atoms with van der Waals surface area (Å²) in [5, 5.41) is 0. The molecule has 0 fully saturated rings. The van der Waals surface area contributed by atoms with Crippen molar-refractivity contribution in [3.63, 3.8) is 0 Å². The van der Waals surface area contributed by atoms with Crippen molar-refractivity contribution in [3.8, 4) is 0 Å². The molecule has 0 spiro atoms. The highest BCUT2D eigenvalue weighted by Crippen LogP contribution is 2.38. The van der Waals surface area contributed by atoms with E-state index in [4.69, 9.17) is 18.5 Å². The Balaban J connectivity index is 3.89. The van der Waals surface area contributed by atoms with Crippen LogP contribution in [-0.4, -0.2) is 70.0 Å². The normalized spacial score (nSPS) is 13.1. The minimum Gasteiger partial charge on any atom is -0.756 e. The molecular weight excluding hydrogens is 1150 g/mol. The second kappa shape index (κ2) is 72.8. The summed E-state index contributed by atoms with van der Waals surface area (Å²) >= 11 is 0. The van der Waals surface area contributed by atoms with Gasteiger partial charge in [-0.05, 0) is 44.9 Å². The first-order valence-corrected chi connectivity index (χ1v) is 42.0. The standard InChI is InChI=1S/C81H158NO8P/c1-6-8-10-12-14-16-18-20-22-24-26-28-30-32-34-36-38-39-40-41-42-44-45-47-49-51-53-55-57-59-61-63-65-67-69-71-73-80(83)87-77-79(78-89-91(85,86)88-76-75-82(3,4)5)90-81(84)74-72-70-68-66-64-62-60-58-56-54-52-50-48-46-43-37-35-33-31-29-27-25-23-21-19-17-15-13-11-9-7-2/h19,21,25,27,79H,6-18,20,22-24,26,28-78H2,1-5H3/b21-19-,27-25-. The number of phosphoric acid groups is 1. The molecule has 10 heteroatoms. The topological polar surface area (TPSA) is 111 Å². The molecule has 0 aromatic carbocycles. The lowest BCUT2D eigenvalue weighted by molar-refractivity contribution is -0.870. The first-order valence-electron chi connectivity index (χ1n) is 40.5. The van der Waals surface area contributed by atoms with Gasteiger partial charge in [-0.25, -0.2) is 0 Å². The molecule has 0 bridgehead atoms. The zero-order chi connectivity index (χ0) is 66.2. The van der Waals surface area contributed by atoms with E-state index in [1.807, 2.05) is 21.1 Å². The molecule has 540 valence electrons. The van der Waals surface area contributed by atoms with Gasteiger partial charge in [0.25, 0.3) is 7.82 Å². The monoisotopic (exact) mass is 1300 g/mol. The molecule has 0 rings (SSSR count). The van der Waals surface area contributed by atoms with E-state index in [0.29, 0.717) is 17.4 Å². The highest BCUT2D eigenvalue weighted by molar-refractivity contribution is 7.45. The van der Waals surface area contributed by atoms with Crippen molar-refractivity contribution < 1.29 is 42.1 Å². The van der Waals surface area contributed by atoms with Crippen LogP contribution >= 0.6 is 7.82 Å². The molecule has 0 N–H and O–H groups in total. The molecule has 0 saturated heterocycles. The van der Waals surface area contributed by atoms with Crippen molar-refractivity contribution in [2.24, 2.45) is 0 Å². The largest absolute Gasteiger partial charge is 0.756 e. The van der Waals surface area contributed by atoms with Gasteiger partial charge in [-0.2, -0.15) is 0 Å². The number of ether oxygens (including phenoxy) is 2. The van der Waals surface area contributed by atoms with Crippen molar-refractivity contribution in [1.82, 2.24) is 0 Å². The molecule has 0 radical (unpaired) electrons. The van der Waals surface area contributed by atoms with Gasteiger partial charge in [0.2, 0.25) is 0 Å². The van der Waals surface area contributed by atoms with Gasteiger partial charge < -0.3 is 27.9 Å². The third kappa shape index (κ3) is 77.4. The molecule has 9 nitrogen and oxygen atoms in total. The van der Waals surface area contributed by atoms with Crippen LogP contribution in [0, 0.1) is 0 Å². The Morgan fingerprint density at radius 1 is 0.341 bits per heavy atom. The predicted molar refractivity (Wildman–Crippen MR) is 393 cm³/mol. The first kappa shape index (κ1) is 89.5. The van der Waals surface area contributed by atoms with E-state index in [1.165, 1.54) is 360 Å². The molecule has 91 heavy (non-hydrogen) atoms. The van der Waals surface area contributed by atoms with E-state index in [9.17, 15) is 19.0 Å². The van der Waals surface area contributed by atoms with Gasteiger partial charge in [-0.3, -0.25) is 14.2 Å². The van der Waals surface area contributed by atoms with Gasteiger partial charge in [0, 0.05) is 12.8 Å². The molecule has 0 aromatic rings. The van der Waals surface area contributed by atoms with Gasteiger partial charge in [0.05, 0.1) is 27.7 Å². The fraction of sp³-hybridized carbons (Fsp3) is 0.926. The number of hydrogen-bond donors (Lipinski definition) is 0. The lowest BCUT2D eigenvalue weighted by atomic mass is 10.0. The number of hydrogen-bond acceptors (Lipinski definition) is 8. The van der Waals surface area contributed by atoms with E-state index < -0.39 is 26.5 Å². The zero-order valence-corrected chi connectivity index (χ0v) is 62.7. The quantitative estimate of drug-likeness (QED) is 0.0195. The second-order valence-corrected chi connectivity index (χ2v) is 30.6. The Kier molecular flexibility index (Phi) is 71.5. The number of esters is 2. The van der Waals surface area contributed by atoms with Gasteiger partial charge in [-0.15, -0.1) is 0 Å². The lowest BCUT2D eigenvalue weighted by Gasteiger charge is -2.28. The van der Waals surface area contributed by atoms with E-state index in [-0.39, 0.29) is 32.0 Å². The van der Waals surface area contributed by atoms with Crippen LogP contribution in [0.2, 0.25) is 0 Å². The average Bonchev–Trinajstić information content (AvgIpc) is 3.30. The molecule has 0 heterocycles. The summed E-state index contributed by atoms with van der Waals surface area (Å²) in [6.45, 7) is 4.32. The summed E-state index contributed by atoms with van der Waals surface area (Å²) in [4.78, 5) is 38.2. The van der Waals surface area contributed by atoms with Crippen molar-refractivity contribution >= 4 is 19.8 Å². The van der Waals surface area contributed by atoms with Crippen molar-refractivity contribution in [1.29, 1.82) is 0 Å². The number of carbonyl (C=O) groups excluding carboxylic acids is 2. The molecule has 0 aliphatic carbocycles. The third-order valence-electron chi connectivity index (χ3n) is 18.7. The number of quaternary nitrogens is 1. The minimum absolute atomic E-state index is 0.0266. The van der Waals surface area contributed by atoms with Crippen molar-refractivity contribution in [2.75, 3.05) is 47.5 Å². The Morgan fingerprint density at radius 3 is 0.868 bits per heavy atom. The van der Waals surface area contributed by atoms with Gasteiger partial charge in [0.15, 0.2) is 6.10 Å². The van der Waals surface area contributed by atoms with Crippen molar-refractivity contribution in [3.05, 3.63) is 24.3 Å². The first-order chi connectivity index (χ1) is 44.5. The van der Waals surface area contributed by atoms with Gasteiger partial charge >= 0.3 is 11.9 Å². The summed E-state index contributed by atoms with van der Waals surface area (Å²) in [5.41, 5.74) is 0. The summed E-state index contributed by atoms with van der Waals surface area (Å²) in [6, 6.07) is 0. The number of rotatable bonds is 77. The van der Waals surface area contributed by atoms with Gasteiger partial charge in [0.1, 0.15) is 19.8 Å². The van der Waals surface area contributed by atoms with Crippen LogP contribution in [0.4, 0.5) is 0 Å². The van der Waals surface area contributed by atoms with Crippen LogP contribution < -0.4 is 4.89 Å². The number of nitrogens with zero attached hydrogens (tertiary/aromatic N) is 1. The molecule has 0 aliphatic heterocycles. The van der Waals surface area contributed by atoms with Crippen LogP contribution in [0.5, 0.6) is 0 Å². The summed E-state index contributed by atoms with van der Waals surface area (Å²) < 4.78 is 34.4. The fourth-order valence-corrected chi connectivity index (χ4v) is 13.2. The molecule has 0 saturated carbocycles. The second-order valence-electron chi connectivity index (χ2n) is 29.1. The highest BCUT2D eigenvalue weighted by Gasteiger charge is 2.22. The summed E-state index contributed by atoms with van der Waals surface area (Å²) in [5.74, 6) is -0.805. The number of likely N-dealkylation sites (N-methyl/N-ethyl adjacent to an activating group) is 1. The zero-order valence-electron chi connectivity index (χ0n) is 61.8. The van der Waals surface area contributed by atoms with Crippen molar-refractivity contribution in [2.45, 2.75) is 437 Å². The highest BCUT2D eigenvalue weighted by atomic mass is 31.2. The Morgan fingerprint density at radius 2 is 0.593 bits per heavy atom. The van der Waals surface area contributed by atoms with Crippen LogP contribution in [-0.2, 0) is 32.7 Å². The molecule has 0 aromatic heterocycles. The van der Waals surface area contributed by atoms with E-state index in [0.717, 1.165) is 38.5 Å². The number of carbonyl (C=O) groups is 2. The number of allylic oxidation sites excluding steroid dienone is 4. The minimum atomic E-state index is -4.64. The maximum atomic E-state index is 12.9. The Bertz CT molecular complexity index is 1580. The SMILES string of the molecule is CCCCCCC/C=C\C/C=C\CCCCCCCCCCCCCCCCCCCCCC(=O)OC(COC(=O)CCCCCCCCCCCCCCCCCCCCCCCCCCCCCCCCCCCCCC)COP(=O)([O-])OCC[N+](C)(C)C. The van der Waals surface area contributed by atoms with E-state index in [1.54, 1.807) is 0 Å². The average molecular weight is 1310 g/mol. The maximum Gasteiger partial charge on any atom is 0.306 e. The van der Waals surface area contributed by atoms with E-state index >= 15 is 0 Å². The maximum absolute atomic E-state index is 12.9. The Labute approximate surface area is 568 Å². The number of unbranched alkanes of at least 4 members (excludes halogenated alkanes) is 59. The fourth-order valence-electron chi connectivity index (χ4n) is 12.5. The Hall–Kier alpha value is -1.51. The predicted octanol–water partition coefficient (Wildman–Crippen LogP) is 26.2.